The molecule has 37 heavy (non-hydrogen) atoms. The van der Waals surface area contributed by atoms with Gasteiger partial charge >= 0.3 is 6.09 Å². The minimum absolute atomic E-state index is 0.316. The third-order valence-electron chi connectivity index (χ3n) is 5.61. The van der Waals surface area contributed by atoms with Gasteiger partial charge in [0.25, 0.3) is 11.8 Å². The number of terminal acetylenes is 1. The number of thioether (sulfide) groups is 1. The Kier molecular flexibility index (Phi) is 10.6. The van der Waals surface area contributed by atoms with Crippen LogP contribution in [0.15, 0.2) is 42.5 Å². The quantitative estimate of drug-likeness (QED) is 0.341. The van der Waals surface area contributed by atoms with Gasteiger partial charge in [-0.05, 0) is 76.7 Å². The van der Waals surface area contributed by atoms with E-state index in [1.165, 1.54) is 11.8 Å². The highest BCUT2D eigenvalue weighted by Gasteiger charge is 2.36. The van der Waals surface area contributed by atoms with Gasteiger partial charge < -0.3 is 15.4 Å². The van der Waals surface area contributed by atoms with Crippen LogP contribution in [0.1, 0.15) is 55.5 Å². The van der Waals surface area contributed by atoms with Gasteiger partial charge in [0.15, 0.2) is 0 Å². The molecule has 2 N–H and O–H groups in total. The van der Waals surface area contributed by atoms with Crippen LogP contribution < -0.4 is 10.6 Å². The third-order valence-corrected chi connectivity index (χ3v) is 6.25. The predicted octanol–water partition coefficient (Wildman–Crippen LogP) is 5.36. The van der Waals surface area contributed by atoms with Crippen molar-refractivity contribution in [3.63, 3.8) is 0 Å². The summed E-state index contributed by atoms with van der Waals surface area (Å²) in [5.74, 6) is -0.424. The number of amides is 3. The largest absolute Gasteiger partial charge is 0.444 e. The van der Waals surface area contributed by atoms with Gasteiger partial charge in [-0.15, -0.1) is 0 Å². The number of carbonyl (C=O) groups is 3. The summed E-state index contributed by atoms with van der Waals surface area (Å²) in [4.78, 5) is 41.1. The Morgan fingerprint density at radius 3 is 2.16 bits per heavy atom. The Hall–Kier alpha value is -3.44. The average Bonchev–Trinajstić information content (AvgIpc) is 2.81. The van der Waals surface area contributed by atoms with Crippen molar-refractivity contribution in [2.45, 2.75) is 65.6 Å². The predicted molar refractivity (Wildman–Crippen MR) is 150 cm³/mol. The molecule has 0 saturated heterocycles. The zero-order valence-electron chi connectivity index (χ0n) is 22.7. The number of aryl methyl sites for hydroxylation is 3. The number of carbonyl (C=O) groups excluding carboxylic acids is 3. The van der Waals surface area contributed by atoms with Crippen LogP contribution in [-0.4, -0.2) is 46.5 Å². The summed E-state index contributed by atoms with van der Waals surface area (Å²) in [5.41, 5.74) is 3.26. The molecule has 0 aromatic heterocycles. The summed E-state index contributed by atoms with van der Waals surface area (Å²) in [5, 5.41) is 5.62. The molecule has 0 aliphatic carbocycles. The van der Waals surface area contributed by atoms with Crippen molar-refractivity contribution >= 4 is 35.4 Å². The van der Waals surface area contributed by atoms with Gasteiger partial charge in [-0.2, -0.15) is 11.8 Å². The summed E-state index contributed by atoms with van der Waals surface area (Å²) in [7, 11) is 0. The highest BCUT2D eigenvalue weighted by molar-refractivity contribution is 7.98. The van der Waals surface area contributed by atoms with E-state index in [4.69, 9.17) is 11.2 Å². The molecular weight excluding hydrogens is 486 g/mol. The van der Waals surface area contributed by atoms with Crippen molar-refractivity contribution in [3.8, 4) is 12.5 Å². The molecule has 2 rings (SSSR count). The van der Waals surface area contributed by atoms with Gasteiger partial charge in [-0.1, -0.05) is 54.5 Å². The maximum absolute atomic E-state index is 13.8. The molecule has 0 aliphatic heterocycles. The molecule has 2 aromatic carbocycles. The molecular formula is C29H37N3O4S. The van der Waals surface area contributed by atoms with Gasteiger partial charge in [-0.3, -0.25) is 14.5 Å². The molecule has 0 bridgehead atoms. The number of rotatable bonds is 9. The molecule has 198 valence electrons. The summed E-state index contributed by atoms with van der Waals surface area (Å²) in [6.45, 7) is 11.0. The first-order valence-corrected chi connectivity index (χ1v) is 13.5. The SMILES string of the molecule is C#CN(C(=O)C(CCSC)NC(=O)OC(C)(C)C)C(C(=O)Nc1c(C)cccc1C)c1ccc(C)cc1. The molecule has 0 fully saturated rings. The number of anilines is 1. The lowest BCUT2D eigenvalue weighted by atomic mass is 10.0. The topological polar surface area (TPSA) is 87.7 Å². The minimum Gasteiger partial charge on any atom is -0.444 e. The van der Waals surface area contributed by atoms with Crippen LogP contribution in [0.5, 0.6) is 0 Å². The second-order valence-corrected chi connectivity index (χ2v) is 10.9. The molecule has 0 spiro atoms. The first-order valence-electron chi connectivity index (χ1n) is 12.1. The Labute approximate surface area is 224 Å². The monoisotopic (exact) mass is 523 g/mol. The van der Waals surface area contributed by atoms with Crippen molar-refractivity contribution in [3.05, 3.63) is 64.7 Å². The molecule has 2 unspecified atom stereocenters. The number of para-hydroxylation sites is 1. The maximum atomic E-state index is 13.8. The zero-order valence-corrected chi connectivity index (χ0v) is 23.5. The van der Waals surface area contributed by atoms with Crippen LogP contribution in [0.2, 0.25) is 0 Å². The Morgan fingerprint density at radius 2 is 1.65 bits per heavy atom. The first-order chi connectivity index (χ1) is 17.4. The van der Waals surface area contributed by atoms with Crippen LogP contribution in [0.4, 0.5) is 10.5 Å². The number of hydrogen-bond acceptors (Lipinski definition) is 5. The highest BCUT2D eigenvalue weighted by Crippen LogP contribution is 2.27. The number of nitrogens with one attached hydrogen (secondary N) is 2. The Bertz CT molecular complexity index is 1130. The second-order valence-electron chi connectivity index (χ2n) is 9.89. The lowest BCUT2D eigenvalue weighted by Crippen LogP contribution is -2.51. The number of benzene rings is 2. The van der Waals surface area contributed by atoms with E-state index in [1.807, 2.05) is 57.4 Å². The third kappa shape index (κ3) is 8.57. The fraction of sp³-hybridized carbons (Fsp3) is 0.414. The van der Waals surface area contributed by atoms with Crippen LogP contribution in [-0.2, 0) is 14.3 Å². The number of nitrogens with zero attached hydrogens (tertiary/aromatic N) is 1. The second kappa shape index (κ2) is 13.2. The molecule has 8 heteroatoms. The Balaban J connectivity index is 2.47. The zero-order chi connectivity index (χ0) is 27.8. The molecule has 2 aromatic rings. The van der Waals surface area contributed by atoms with E-state index in [2.05, 4.69) is 16.7 Å². The van der Waals surface area contributed by atoms with Gasteiger partial charge in [-0.25, -0.2) is 4.79 Å². The number of ether oxygens (including phenoxy) is 1. The molecule has 0 radical (unpaired) electrons. The fourth-order valence-electron chi connectivity index (χ4n) is 3.75. The van der Waals surface area contributed by atoms with Crippen molar-refractivity contribution in [2.75, 3.05) is 17.3 Å². The van der Waals surface area contributed by atoms with Crippen molar-refractivity contribution in [1.82, 2.24) is 10.2 Å². The minimum atomic E-state index is -1.12. The fourth-order valence-corrected chi connectivity index (χ4v) is 4.22. The van der Waals surface area contributed by atoms with Gasteiger partial charge in [0, 0.05) is 11.7 Å². The van der Waals surface area contributed by atoms with Crippen molar-refractivity contribution < 1.29 is 19.1 Å². The van der Waals surface area contributed by atoms with Gasteiger partial charge in [0.2, 0.25) is 0 Å². The lowest BCUT2D eigenvalue weighted by Gasteiger charge is -2.30. The molecule has 0 saturated carbocycles. The van der Waals surface area contributed by atoms with Crippen LogP contribution >= 0.6 is 11.8 Å². The number of alkyl carbamates (subject to hydrolysis) is 1. The molecule has 0 heterocycles. The smallest absolute Gasteiger partial charge is 0.408 e. The molecule has 2 atom stereocenters. The van der Waals surface area contributed by atoms with E-state index in [1.54, 1.807) is 32.9 Å². The molecule has 0 aliphatic rings. The first kappa shape index (κ1) is 29.8. The summed E-state index contributed by atoms with van der Waals surface area (Å²) < 4.78 is 5.36. The lowest BCUT2D eigenvalue weighted by molar-refractivity contribution is -0.136. The highest BCUT2D eigenvalue weighted by atomic mass is 32.2. The van der Waals surface area contributed by atoms with Gasteiger partial charge in [0.05, 0.1) is 0 Å². The summed E-state index contributed by atoms with van der Waals surface area (Å²) in [6.07, 6.45) is 7.35. The average molecular weight is 524 g/mol. The van der Waals surface area contributed by atoms with E-state index in [9.17, 15) is 14.4 Å². The van der Waals surface area contributed by atoms with E-state index in [0.717, 1.165) is 21.6 Å². The van der Waals surface area contributed by atoms with E-state index in [-0.39, 0.29) is 0 Å². The van der Waals surface area contributed by atoms with E-state index < -0.39 is 35.6 Å². The number of hydrogen-bond donors (Lipinski definition) is 2. The summed E-state index contributed by atoms with van der Waals surface area (Å²) in [6, 6.07) is 13.3. The molecule has 3 amide bonds. The van der Waals surface area contributed by atoms with Crippen LogP contribution in [0, 0.1) is 33.2 Å². The van der Waals surface area contributed by atoms with Crippen molar-refractivity contribution in [1.29, 1.82) is 0 Å². The normalized spacial score (nSPS) is 12.6. The molecule has 7 nitrogen and oxygen atoms in total. The standard InChI is InChI=1S/C29H37N3O4S/c1-9-32(27(34)23(17-18-37-8)30-28(35)36-29(5,6)7)25(22-15-13-19(2)14-16-22)26(33)31-24-20(3)11-10-12-21(24)4/h1,10-16,23,25H,17-18H2,2-8H3,(H,30,35)(H,31,33). The van der Waals surface area contributed by atoms with E-state index in [0.29, 0.717) is 23.4 Å². The van der Waals surface area contributed by atoms with Crippen LogP contribution in [0.3, 0.4) is 0 Å². The van der Waals surface area contributed by atoms with Crippen LogP contribution in [0.25, 0.3) is 0 Å². The van der Waals surface area contributed by atoms with Crippen molar-refractivity contribution in [2.24, 2.45) is 0 Å². The van der Waals surface area contributed by atoms with E-state index >= 15 is 0 Å². The Morgan fingerprint density at radius 1 is 1.05 bits per heavy atom. The summed E-state index contributed by atoms with van der Waals surface area (Å²) >= 11 is 1.53. The van der Waals surface area contributed by atoms with Gasteiger partial charge in [0.1, 0.15) is 17.7 Å². The maximum Gasteiger partial charge on any atom is 0.408 e.